The third-order valence-corrected chi connectivity index (χ3v) is 6.23. The van der Waals surface area contributed by atoms with E-state index in [1.807, 2.05) is 18.2 Å². The second kappa shape index (κ2) is 9.61. The number of carbonyl (C=O) groups is 1. The number of pyridine rings is 2. The Morgan fingerprint density at radius 3 is 2.80 bits per heavy atom. The van der Waals surface area contributed by atoms with Gasteiger partial charge in [-0.25, -0.2) is 4.98 Å². The monoisotopic (exact) mass is 468 g/mol. The maximum Gasteiger partial charge on any atom is 0.270 e. The van der Waals surface area contributed by atoms with Gasteiger partial charge in [0.05, 0.1) is 24.1 Å². The van der Waals surface area contributed by atoms with Crippen molar-refractivity contribution < 1.29 is 4.79 Å². The predicted molar refractivity (Wildman–Crippen MR) is 132 cm³/mol. The summed E-state index contributed by atoms with van der Waals surface area (Å²) in [6, 6.07) is 7.64. The lowest BCUT2D eigenvalue weighted by Crippen LogP contribution is -2.25. The van der Waals surface area contributed by atoms with Gasteiger partial charge in [0.1, 0.15) is 11.5 Å². The average Bonchev–Trinajstić information content (AvgIpc) is 3.29. The number of aromatic amines is 1. The van der Waals surface area contributed by atoms with Crippen LogP contribution in [0.4, 0.5) is 5.82 Å². The van der Waals surface area contributed by atoms with Crippen LogP contribution in [0.15, 0.2) is 55.2 Å². The van der Waals surface area contributed by atoms with Gasteiger partial charge in [-0.15, -0.1) is 0 Å². The number of H-pyrrole nitrogens is 1. The number of rotatable bonds is 7. The molecule has 4 heterocycles. The molecule has 0 atom stereocenters. The minimum absolute atomic E-state index is 0.247. The molecule has 0 radical (unpaired) electrons. The molecule has 3 N–H and O–H groups in total. The van der Waals surface area contributed by atoms with E-state index in [9.17, 15) is 4.79 Å². The molecule has 0 aromatic carbocycles. The maximum atomic E-state index is 13.1. The number of amides is 1. The second-order valence-electron chi connectivity index (χ2n) is 9.59. The van der Waals surface area contributed by atoms with Gasteiger partial charge < -0.3 is 10.6 Å². The highest BCUT2D eigenvalue weighted by Gasteiger charge is 2.29. The maximum absolute atomic E-state index is 13.1. The summed E-state index contributed by atoms with van der Waals surface area (Å²) in [6.07, 6.45) is 11.4. The number of anilines is 1. The largest absolute Gasteiger partial charge is 0.366 e. The minimum atomic E-state index is -0.285. The minimum Gasteiger partial charge on any atom is -0.366 e. The summed E-state index contributed by atoms with van der Waals surface area (Å²) in [7, 11) is 0. The molecule has 4 aromatic heterocycles. The Labute approximate surface area is 203 Å². The van der Waals surface area contributed by atoms with Gasteiger partial charge in [-0.05, 0) is 48.4 Å². The van der Waals surface area contributed by atoms with E-state index >= 15 is 0 Å². The Balaban J connectivity index is 1.44. The Bertz CT molecular complexity index is 1320. The van der Waals surface area contributed by atoms with Crippen molar-refractivity contribution in [1.29, 1.82) is 0 Å². The molecule has 1 aliphatic rings. The molecule has 0 fully saturated rings. The number of nitrogens with one attached hydrogen (secondary N) is 3. The van der Waals surface area contributed by atoms with Crippen molar-refractivity contribution in [2.45, 2.75) is 46.2 Å². The van der Waals surface area contributed by atoms with Gasteiger partial charge in [-0.2, -0.15) is 5.10 Å². The highest BCUT2D eigenvalue weighted by atomic mass is 16.1. The van der Waals surface area contributed by atoms with Crippen LogP contribution in [0.25, 0.3) is 11.3 Å². The lowest BCUT2D eigenvalue weighted by atomic mass is 9.76. The Morgan fingerprint density at radius 2 is 2.00 bits per heavy atom. The number of hydrogen-bond acceptors (Lipinski definition) is 7. The summed E-state index contributed by atoms with van der Waals surface area (Å²) in [6.45, 7) is 5.37. The fraction of sp³-hybridized carbons (Fsp3) is 0.308. The van der Waals surface area contributed by atoms with E-state index in [4.69, 9.17) is 0 Å². The normalized spacial score (nSPS) is 14.2. The fourth-order valence-electron chi connectivity index (χ4n) is 4.34. The van der Waals surface area contributed by atoms with Gasteiger partial charge >= 0.3 is 0 Å². The number of carbonyl (C=O) groups excluding carboxylic acids is 1. The van der Waals surface area contributed by atoms with Gasteiger partial charge in [0.2, 0.25) is 0 Å². The van der Waals surface area contributed by atoms with Crippen LogP contribution in [0.2, 0.25) is 0 Å². The molecule has 5 rings (SSSR count). The zero-order valence-electron chi connectivity index (χ0n) is 19.9. The summed E-state index contributed by atoms with van der Waals surface area (Å²) in [5.41, 5.74) is 6.39. The van der Waals surface area contributed by atoms with Crippen LogP contribution >= 0.6 is 0 Å². The molecule has 9 heteroatoms. The van der Waals surface area contributed by atoms with Gasteiger partial charge in [0.25, 0.3) is 5.91 Å². The highest BCUT2D eigenvalue weighted by Crippen LogP contribution is 2.38. The average molecular weight is 469 g/mol. The lowest BCUT2D eigenvalue weighted by Gasteiger charge is -2.29. The molecule has 0 saturated heterocycles. The van der Waals surface area contributed by atoms with Gasteiger partial charge in [-0.1, -0.05) is 19.9 Å². The molecule has 1 amide bonds. The molecule has 178 valence electrons. The first-order valence-electron chi connectivity index (χ1n) is 11.7. The van der Waals surface area contributed by atoms with E-state index in [1.165, 1.54) is 11.3 Å². The van der Waals surface area contributed by atoms with Crippen molar-refractivity contribution in [2.24, 2.45) is 5.41 Å². The quantitative estimate of drug-likeness (QED) is 0.378. The molecule has 1 aliphatic carbocycles. The van der Waals surface area contributed by atoms with Crippen LogP contribution in [0.1, 0.15) is 53.3 Å². The third-order valence-electron chi connectivity index (χ3n) is 6.23. The molecule has 0 unspecified atom stereocenters. The van der Waals surface area contributed by atoms with Crippen molar-refractivity contribution in [3.05, 3.63) is 83.5 Å². The molecule has 9 nitrogen and oxygen atoms in total. The smallest absolute Gasteiger partial charge is 0.270 e. The van der Waals surface area contributed by atoms with E-state index in [1.54, 1.807) is 37.1 Å². The van der Waals surface area contributed by atoms with E-state index in [-0.39, 0.29) is 17.9 Å². The van der Waals surface area contributed by atoms with Crippen molar-refractivity contribution in [2.75, 3.05) is 5.32 Å². The Hall–Kier alpha value is -4.14. The molecule has 0 spiro atoms. The number of nitrogens with zero attached hydrogens (tertiary/aromatic N) is 5. The van der Waals surface area contributed by atoms with Crippen molar-refractivity contribution in [3.63, 3.8) is 0 Å². The zero-order chi connectivity index (χ0) is 24.3. The van der Waals surface area contributed by atoms with E-state index in [0.717, 1.165) is 36.1 Å². The molecule has 4 aromatic rings. The van der Waals surface area contributed by atoms with E-state index in [2.05, 4.69) is 54.6 Å². The predicted octanol–water partition coefficient (Wildman–Crippen LogP) is 3.71. The standard InChI is InChI=1S/C26H28N8O/c1-26(2)6-5-20-22(12-26)33-34-24(20)18-10-21(25(35)31-16-19-15-28-8-9-29-19)32-23(11-18)30-14-17-4-3-7-27-13-17/h3-4,7-11,13,15H,5-6,12,14,16H2,1-2H3,(H,30,32)(H,31,35)(H,33,34). The molecule has 0 saturated carbocycles. The van der Waals surface area contributed by atoms with E-state index in [0.29, 0.717) is 23.8 Å². The Morgan fingerprint density at radius 1 is 1.11 bits per heavy atom. The van der Waals surface area contributed by atoms with Crippen LogP contribution in [0, 0.1) is 5.41 Å². The summed E-state index contributed by atoms with van der Waals surface area (Å²) in [4.78, 5) is 30.1. The molecular formula is C26H28N8O. The van der Waals surface area contributed by atoms with Crippen LogP contribution in [0.5, 0.6) is 0 Å². The van der Waals surface area contributed by atoms with Crippen molar-refractivity contribution >= 4 is 11.7 Å². The SMILES string of the molecule is CC1(C)CCc2c(-c3cc(NCc4cccnc4)nc(C(=O)NCc4cnccn4)c3)n[nH]c2C1. The van der Waals surface area contributed by atoms with Crippen LogP contribution < -0.4 is 10.6 Å². The number of hydrogen-bond donors (Lipinski definition) is 3. The molecule has 0 bridgehead atoms. The van der Waals surface area contributed by atoms with Gasteiger partial charge in [0.15, 0.2) is 0 Å². The van der Waals surface area contributed by atoms with Crippen LogP contribution in [-0.4, -0.2) is 36.0 Å². The summed E-state index contributed by atoms with van der Waals surface area (Å²) < 4.78 is 0. The molecule has 35 heavy (non-hydrogen) atoms. The summed E-state index contributed by atoms with van der Waals surface area (Å²) >= 11 is 0. The topological polar surface area (TPSA) is 121 Å². The Kier molecular flexibility index (Phi) is 6.22. The summed E-state index contributed by atoms with van der Waals surface area (Å²) in [5, 5.41) is 14.1. The zero-order valence-corrected chi connectivity index (χ0v) is 19.9. The van der Waals surface area contributed by atoms with Crippen LogP contribution in [-0.2, 0) is 25.9 Å². The van der Waals surface area contributed by atoms with Crippen molar-refractivity contribution in [3.8, 4) is 11.3 Å². The molecular weight excluding hydrogens is 440 g/mol. The van der Waals surface area contributed by atoms with Gasteiger partial charge in [0, 0.05) is 48.2 Å². The molecule has 0 aliphatic heterocycles. The number of fused-ring (bicyclic) bond motifs is 1. The first-order chi connectivity index (χ1) is 17.0. The summed E-state index contributed by atoms with van der Waals surface area (Å²) in [5.74, 6) is 0.316. The first-order valence-corrected chi connectivity index (χ1v) is 11.7. The first kappa shape index (κ1) is 22.6. The van der Waals surface area contributed by atoms with Crippen molar-refractivity contribution in [1.82, 2.24) is 35.5 Å². The second-order valence-corrected chi connectivity index (χ2v) is 9.59. The highest BCUT2D eigenvalue weighted by molar-refractivity contribution is 5.94. The van der Waals surface area contributed by atoms with Gasteiger partial charge in [-0.3, -0.25) is 24.8 Å². The van der Waals surface area contributed by atoms with E-state index < -0.39 is 0 Å². The third kappa shape index (κ3) is 5.34. The van der Waals surface area contributed by atoms with Crippen LogP contribution in [0.3, 0.4) is 0 Å². The number of aromatic nitrogens is 6. The lowest BCUT2D eigenvalue weighted by molar-refractivity contribution is 0.0945. The fourth-order valence-corrected chi connectivity index (χ4v) is 4.34.